The molecular weight excluding hydrogens is 422 g/mol. The third-order valence-corrected chi connectivity index (χ3v) is 7.10. The summed E-state index contributed by atoms with van der Waals surface area (Å²) in [6.45, 7) is 1.59. The number of thiazole rings is 1. The van der Waals surface area contributed by atoms with Gasteiger partial charge in [-0.3, -0.25) is 4.79 Å². The van der Waals surface area contributed by atoms with Gasteiger partial charge < -0.3 is 20.9 Å². The van der Waals surface area contributed by atoms with Crippen molar-refractivity contribution in [1.29, 1.82) is 0 Å². The van der Waals surface area contributed by atoms with Gasteiger partial charge in [-0.25, -0.2) is 9.78 Å². The largest absolute Gasteiger partial charge is 0.341 e. The predicted octanol–water partition coefficient (Wildman–Crippen LogP) is 3.48. The monoisotopic (exact) mass is 447 g/mol. The van der Waals surface area contributed by atoms with Crippen molar-refractivity contribution >= 4 is 34.1 Å². The average Bonchev–Trinajstić information content (AvgIpc) is 3.49. The number of rotatable bonds is 5. The minimum absolute atomic E-state index is 0.0188. The lowest BCUT2D eigenvalue weighted by Gasteiger charge is -2.42. The Labute approximate surface area is 190 Å². The number of benzene rings is 2. The number of carbonyl (C=O) groups excluding carboxylic acids is 2. The molecule has 0 bridgehead atoms. The van der Waals surface area contributed by atoms with Crippen molar-refractivity contribution in [3.8, 4) is 0 Å². The van der Waals surface area contributed by atoms with Crippen molar-refractivity contribution in [1.82, 2.24) is 20.5 Å². The Morgan fingerprint density at radius 2 is 1.75 bits per heavy atom. The number of urea groups is 1. The highest BCUT2D eigenvalue weighted by Crippen LogP contribution is 2.43. The number of nitrogens with zero attached hydrogens (tertiary/aromatic N) is 2. The molecule has 2 saturated heterocycles. The highest BCUT2D eigenvalue weighted by molar-refractivity contribution is 7.13. The van der Waals surface area contributed by atoms with Crippen LogP contribution in [0.25, 0.3) is 0 Å². The van der Waals surface area contributed by atoms with Crippen LogP contribution in [0.4, 0.5) is 15.6 Å². The minimum Gasteiger partial charge on any atom is -0.341 e. The van der Waals surface area contributed by atoms with E-state index in [9.17, 15) is 9.59 Å². The molecule has 5 rings (SSSR count). The number of amides is 3. The van der Waals surface area contributed by atoms with E-state index in [0.29, 0.717) is 19.6 Å². The number of anilines is 2. The molecule has 0 saturated carbocycles. The topological polar surface area (TPSA) is 86.4 Å². The molecule has 2 fully saturated rings. The molecule has 3 aromatic rings. The van der Waals surface area contributed by atoms with Gasteiger partial charge in [-0.15, -0.1) is 11.3 Å². The van der Waals surface area contributed by atoms with Gasteiger partial charge in [0.1, 0.15) is 6.04 Å². The number of carbonyl (C=O) groups is 2. The lowest BCUT2D eigenvalue weighted by molar-refractivity contribution is -0.134. The molecule has 7 nitrogen and oxygen atoms in total. The SMILES string of the molecule is O=C1NCC(C(=O)N2CCC(c3ccccc3)(c3csc(Nc4ccccc4)n3)CC2)N1. The zero-order chi connectivity index (χ0) is 22.0. The summed E-state index contributed by atoms with van der Waals surface area (Å²) in [6, 6.07) is 19.7. The molecule has 1 aromatic heterocycles. The first kappa shape index (κ1) is 20.5. The summed E-state index contributed by atoms with van der Waals surface area (Å²) < 4.78 is 0. The lowest BCUT2D eigenvalue weighted by Crippen LogP contribution is -2.51. The van der Waals surface area contributed by atoms with E-state index in [4.69, 9.17) is 4.98 Å². The standard InChI is InChI=1S/C24H25N5O2S/c30-21(19-15-25-22(31)27-19)29-13-11-24(12-14-29,17-7-3-1-4-8-17)20-16-32-23(28-20)26-18-9-5-2-6-10-18/h1-10,16,19H,11-15H2,(H,26,28)(H2,25,27,31). The van der Waals surface area contributed by atoms with Gasteiger partial charge >= 0.3 is 6.03 Å². The van der Waals surface area contributed by atoms with Crippen LogP contribution in [-0.2, 0) is 10.2 Å². The fourth-order valence-electron chi connectivity index (χ4n) is 4.58. The molecule has 1 unspecified atom stereocenters. The van der Waals surface area contributed by atoms with Gasteiger partial charge in [0.2, 0.25) is 5.91 Å². The first-order valence-corrected chi connectivity index (χ1v) is 11.7. The molecule has 3 heterocycles. The molecule has 8 heteroatoms. The first-order valence-electron chi connectivity index (χ1n) is 10.8. The predicted molar refractivity (Wildman–Crippen MR) is 125 cm³/mol. The first-order chi connectivity index (χ1) is 15.6. The average molecular weight is 448 g/mol. The molecule has 1 atom stereocenters. The molecule has 3 amide bonds. The van der Waals surface area contributed by atoms with Crippen LogP contribution in [0.1, 0.15) is 24.1 Å². The molecule has 164 valence electrons. The maximum Gasteiger partial charge on any atom is 0.315 e. The second-order valence-electron chi connectivity index (χ2n) is 8.21. The lowest BCUT2D eigenvalue weighted by atomic mass is 9.70. The second kappa shape index (κ2) is 8.63. The number of aromatic nitrogens is 1. The highest BCUT2D eigenvalue weighted by Gasteiger charge is 2.42. The normalized spacial score (nSPS) is 19.8. The molecule has 3 N–H and O–H groups in total. The van der Waals surface area contributed by atoms with Crippen molar-refractivity contribution in [2.45, 2.75) is 24.3 Å². The second-order valence-corrected chi connectivity index (χ2v) is 9.07. The van der Waals surface area contributed by atoms with E-state index in [2.05, 4.69) is 45.6 Å². The van der Waals surface area contributed by atoms with Crippen LogP contribution in [0.15, 0.2) is 66.0 Å². The summed E-state index contributed by atoms with van der Waals surface area (Å²) >= 11 is 1.60. The molecule has 2 aliphatic heterocycles. The molecule has 0 aliphatic carbocycles. The van der Waals surface area contributed by atoms with Gasteiger partial charge in [0.25, 0.3) is 0 Å². The summed E-state index contributed by atoms with van der Waals surface area (Å²) in [5.41, 5.74) is 3.02. The number of nitrogens with one attached hydrogen (secondary N) is 3. The Morgan fingerprint density at radius 3 is 2.41 bits per heavy atom. The Balaban J connectivity index is 1.38. The van der Waals surface area contributed by atoms with Gasteiger partial charge in [0, 0.05) is 36.1 Å². The van der Waals surface area contributed by atoms with E-state index < -0.39 is 6.04 Å². The van der Waals surface area contributed by atoms with Crippen LogP contribution in [0.2, 0.25) is 0 Å². The molecule has 0 radical (unpaired) electrons. The fraction of sp³-hybridized carbons (Fsp3) is 0.292. The summed E-state index contributed by atoms with van der Waals surface area (Å²) in [5.74, 6) is -0.0188. The van der Waals surface area contributed by atoms with Gasteiger partial charge in [0.05, 0.1) is 5.69 Å². The van der Waals surface area contributed by atoms with Crippen molar-refractivity contribution in [3.05, 3.63) is 77.3 Å². The maximum absolute atomic E-state index is 12.9. The van der Waals surface area contributed by atoms with Crippen LogP contribution < -0.4 is 16.0 Å². The van der Waals surface area contributed by atoms with Crippen molar-refractivity contribution in [3.63, 3.8) is 0 Å². The Bertz CT molecular complexity index is 1090. The van der Waals surface area contributed by atoms with Gasteiger partial charge in [-0.05, 0) is 30.5 Å². The third kappa shape index (κ3) is 3.93. The van der Waals surface area contributed by atoms with E-state index in [0.717, 1.165) is 29.4 Å². The van der Waals surface area contributed by atoms with Crippen molar-refractivity contribution in [2.75, 3.05) is 25.0 Å². The Kier molecular flexibility index (Phi) is 5.53. The van der Waals surface area contributed by atoms with Gasteiger partial charge in [-0.1, -0.05) is 48.5 Å². The Morgan fingerprint density at radius 1 is 1.06 bits per heavy atom. The van der Waals surface area contributed by atoms with Gasteiger partial charge in [0.15, 0.2) is 5.13 Å². The van der Waals surface area contributed by atoms with Gasteiger partial charge in [-0.2, -0.15) is 0 Å². The highest BCUT2D eigenvalue weighted by atomic mass is 32.1. The van der Waals surface area contributed by atoms with Crippen LogP contribution >= 0.6 is 11.3 Å². The molecule has 2 aromatic carbocycles. The Hall–Kier alpha value is -3.39. The van der Waals surface area contributed by atoms with E-state index in [1.54, 1.807) is 11.3 Å². The zero-order valence-corrected chi connectivity index (χ0v) is 18.4. The number of hydrogen-bond acceptors (Lipinski definition) is 5. The number of piperidine rings is 1. The van der Waals surface area contributed by atoms with Crippen LogP contribution in [0, 0.1) is 0 Å². The van der Waals surface area contributed by atoms with Crippen molar-refractivity contribution < 1.29 is 9.59 Å². The van der Waals surface area contributed by atoms with Crippen molar-refractivity contribution in [2.24, 2.45) is 0 Å². The molecule has 0 spiro atoms. The fourth-order valence-corrected chi connectivity index (χ4v) is 5.41. The van der Waals surface area contributed by atoms with Crippen LogP contribution in [0.5, 0.6) is 0 Å². The summed E-state index contributed by atoms with van der Waals surface area (Å²) in [6.07, 6.45) is 1.57. The van der Waals surface area contributed by atoms with E-state index in [-0.39, 0.29) is 17.4 Å². The quantitative estimate of drug-likeness (QED) is 0.559. The maximum atomic E-state index is 12.9. The minimum atomic E-state index is -0.479. The third-order valence-electron chi connectivity index (χ3n) is 6.34. The summed E-state index contributed by atoms with van der Waals surface area (Å²) in [7, 11) is 0. The zero-order valence-electron chi connectivity index (χ0n) is 17.6. The van der Waals surface area contributed by atoms with Crippen LogP contribution in [-0.4, -0.2) is 47.5 Å². The van der Waals surface area contributed by atoms with Crippen LogP contribution in [0.3, 0.4) is 0 Å². The van der Waals surface area contributed by atoms with E-state index in [1.165, 1.54) is 5.56 Å². The van der Waals surface area contributed by atoms with E-state index >= 15 is 0 Å². The molecule has 32 heavy (non-hydrogen) atoms. The smallest absolute Gasteiger partial charge is 0.315 e. The number of likely N-dealkylation sites (tertiary alicyclic amines) is 1. The van der Waals surface area contributed by atoms with E-state index in [1.807, 2.05) is 41.3 Å². The molecular formula is C24H25N5O2S. The molecule has 2 aliphatic rings. The number of hydrogen-bond donors (Lipinski definition) is 3. The number of para-hydroxylation sites is 1. The summed E-state index contributed by atoms with van der Waals surface area (Å²) in [4.78, 5) is 31.2. The summed E-state index contributed by atoms with van der Waals surface area (Å²) in [5, 5.41) is 11.8.